The molecule has 0 aromatic heterocycles. The van der Waals surface area contributed by atoms with Gasteiger partial charge in [0, 0.05) is 12.2 Å². The molecule has 0 unspecified atom stereocenters. The van der Waals surface area contributed by atoms with E-state index in [1.807, 2.05) is 0 Å². The van der Waals surface area contributed by atoms with E-state index in [0.29, 0.717) is 37.1 Å². The van der Waals surface area contributed by atoms with Gasteiger partial charge in [-0.1, -0.05) is 13.8 Å². The monoisotopic (exact) mass is 344 g/mol. The van der Waals surface area contributed by atoms with Crippen LogP contribution in [0.3, 0.4) is 0 Å². The van der Waals surface area contributed by atoms with Crippen LogP contribution in [0.4, 0.5) is 0 Å². The standard InChI is InChI=1S/C15H21BrO4/c1-11(2)9-19-6-7-20-10-14(17)12-4-5-15(18-3)13(16)8-12/h4-5,8,11H,6-7,9-10H2,1-3H3. The fourth-order valence-corrected chi connectivity index (χ4v) is 2.07. The maximum absolute atomic E-state index is 11.9. The number of carbonyl (C=O) groups excluding carboxylic acids is 1. The highest BCUT2D eigenvalue weighted by atomic mass is 79.9. The van der Waals surface area contributed by atoms with Gasteiger partial charge in [-0.2, -0.15) is 0 Å². The topological polar surface area (TPSA) is 44.8 Å². The van der Waals surface area contributed by atoms with Crippen LogP contribution in [-0.4, -0.2) is 39.3 Å². The molecule has 0 amide bonds. The highest BCUT2D eigenvalue weighted by Crippen LogP contribution is 2.25. The van der Waals surface area contributed by atoms with Crippen molar-refractivity contribution >= 4 is 21.7 Å². The van der Waals surface area contributed by atoms with E-state index in [1.54, 1.807) is 25.3 Å². The van der Waals surface area contributed by atoms with Crippen molar-refractivity contribution in [2.75, 3.05) is 33.5 Å². The van der Waals surface area contributed by atoms with Gasteiger partial charge < -0.3 is 14.2 Å². The third kappa shape index (κ3) is 6.03. The van der Waals surface area contributed by atoms with E-state index < -0.39 is 0 Å². The van der Waals surface area contributed by atoms with Gasteiger partial charge in [0.2, 0.25) is 0 Å². The molecule has 0 fully saturated rings. The highest BCUT2D eigenvalue weighted by Gasteiger charge is 2.09. The number of hydrogen-bond donors (Lipinski definition) is 0. The Morgan fingerprint density at radius 1 is 1.25 bits per heavy atom. The lowest BCUT2D eigenvalue weighted by atomic mass is 10.1. The number of carbonyl (C=O) groups is 1. The lowest BCUT2D eigenvalue weighted by molar-refractivity contribution is 0.0364. The normalized spacial score (nSPS) is 10.8. The van der Waals surface area contributed by atoms with Crippen LogP contribution in [0, 0.1) is 5.92 Å². The van der Waals surface area contributed by atoms with Crippen LogP contribution in [0.1, 0.15) is 24.2 Å². The van der Waals surface area contributed by atoms with Crippen molar-refractivity contribution in [1.82, 2.24) is 0 Å². The Morgan fingerprint density at radius 2 is 1.95 bits per heavy atom. The van der Waals surface area contributed by atoms with Gasteiger partial charge in [-0.25, -0.2) is 0 Å². The van der Waals surface area contributed by atoms with E-state index in [2.05, 4.69) is 29.8 Å². The first-order valence-electron chi connectivity index (χ1n) is 6.56. The first-order valence-corrected chi connectivity index (χ1v) is 7.36. The van der Waals surface area contributed by atoms with Gasteiger partial charge in [-0.3, -0.25) is 4.79 Å². The molecule has 1 aromatic carbocycles. The molecule has 0 N–H and O–H groups in total. The van der Waals surface area contributed by atoms with Gasteiger partial charge in [-0.05, 0) is 40.0 Å². The quantitative estimate of drug-likeness (QED) is 0.509. The van der Waals surface area contributed by atoms with Crippen LogP contribution < -0.4 is 4.74 Å². The van der Waals surface area contributed by atoms with Crippen LogP contribution in [0.5, 0.6) is 5.75 Å². The van der Waals surface area contributed by atoms with Crippen LogP contribution in [0.2, 0.25) is 0 Å². The van der Waals surface area contributed by atoms with Crippen LogP contribution in [0.25, 0.3) is 0 Å². The second-order valence-corrected chi connectivity index (χ2v) is 5.65. The molecule has 0 bridgehead atoms. The summed E-state index contributed by atoms with van der Waals surface area (Å²) in [5.74, 6) is 1.15. The second kappa shape index (κ2) is 9.10. The minimum atomic E-state index is -0.0581. The molecule has 0 aliphatic carbocycles. The molecule has 0 saturated heterocycles. The average Bonchev–Trinajstić information content (AvgIpc) is 2.42. The predicted octanol–water partition coefficient (Wildman–Crippen LogP) is 3.33. The maximum atomic E-state index is 11.9. The van der Waals surface area contributed by atoms with Gasteiger partial charge in [-0.15, -0.1) is 0 Å². The van der Waals surface area contributed by atoms with E-state index in [9.17, 15) is 4.79 Å². The van der Waals surface area contributed by atoms with Crippen molar-refractivity contribution in [3.05, 3.63) is 28.2 Å². The largest absolute Gasteiger partial charge is 0.496 e. The zero-order valence-corrected chi connectivity index (χ0v) is 13.7. The van der Waals surface area contributed by atoms with Crippen molar-refractivity contribution in [1.29, 1.82) is 0 Å². The summed E-state index contributed by atoms with van der Waals surface area (Å²) < 4.78 is 16.6. The summed E-state index contributed by atoms with van der Waals surface area (Å²) >= 11 is 3.35. The summed E-state index contributed by atoms with van der Waals surface area (Å²) in [5.41, 5.74) is 0.598. The number of rotatable bonds is 9. The van der Waals surface area contributed by atoms with Gasteiger partial charge >= 0.3 is 0 Å². The van der Waals surface area contributed by atoms with E-state index >= 15 is 0 Å². The van der Waals surface area contributed by atoms with Crippen molar-refractivity contribution < 1.29 is 19.0 Å². The van der Waals surface area contributed by atoms with Crippen molar-refractivity contribution in [2.24, 2.45) is 5.92 Å². The number of halogens is 1. The molecule has 0 aliphatic rings. The molecular formula is C15H21BrO4. The molecule has 0 heterocycles. The summed E-state index contributed by atoms with van der Waals surface area (Å²) in [6.45, 7) is 5.89. The predicted molar refractivity (Wildman–Crippen MR) is 81.5 cm³/mol. The summed E-state index contributed by atoms with van der Waals surface area (Å²) in [6.07, 6.45) is 0. The fraction of sp³-hybridized carbons (Fsp3) is 0.533. The van der Waals surface area contributed by atoms with Gasteiger partial charge in [0.05, 0.1) is 24.8 Å². The number of methoxy groups -OCH3 is 1. The molecule has 20 heavy (non-hydrogen) atoms. The molecule has 5 heteroatoms. The molecule has 1 rings (SSSR count). The van der Waals surface area contributed by atoms with E-state index in [4.69, 9.17) is 14.2 Å². The molecule has 0 aliphatic heterocycles. The molecule has 0 radical (unpaired) electrons. The van der Waals surface area contributed by atoms with Crippen molar-refractivity contribution in [3.63, 3.8) is 0 Å². The minimum absolute atomic E-state index is 0.0581. The summed E-state index contributed by atoms with van der Waals surface area (Å²) in [5, 5.41) is 0. The first-order chi connectivity index (χ1) is 9.54. The zero-order valence-electron chi connectivity index (χ0n) is 12.1. The Hall–Kier alpha value is -0.910. The van der Waals surface area contributed by atoms with Crippen LogP contribution in [-0.2, 0) is 9.47 Å². The Morgan fingerprint density at radius 3 is 2.55 bits per heavy atom. The Balaban J connectivity index is 2.31. The molecule has 112 valence electrons. The number of Topliss-reactive ketones (excluding diaryl/α,β-unsaturated/α-hetero) is 1. The molecule has 4 nitrogen and oxygen atoms in total. The average molecular weight is 345 g/mol. The fourth-order valence-electron chi connectivity index (χ4n) is 1.52. The van der Waals surface area contributed by atoms with E-state index in [1.165, 1.54) is 0 Å². The third-order valence-corrected chi connectivity index (χ3v) is 3.15. The van der Waals surface area contributed by atoms with Crippen molar-refractivity contribution in [3.8, 4) is 5.75 Å². The third-order valence-electron chi connectivity index (χ3n) is 2.53. The summed E-state index contributed by atoms with van der Waals surface area (Å²) in [7, 11) is 1.59. The smallest absolute Gasteiger partial charge is 0.188 e. The first kappa shape index (κ1) is 17.1. The van der Waals surface area contributed by atoms with Gasteiger partial charge in [0.25, 0.3) is 0 Å². The molecule has 0 spiro atoms. The SMILES string of the molecule is COc1ccc(C(=O)COCCOCC(C)C)cc1Br. The lowest BCUT2D eigenvalue weighted by Crippen LogP contribution is -2.14. The second-order valence-electron chi connectivity index (χ2n) is 4.79. The summed E-state index contributed by atoms with van der Waals surface area (Å²) in [4.78, 5) is 11.9. The maximum Gasteiger partial charge on any atom is 0.188 e. The Bertz CT molecular complexity index is 432. The Labute approximate surface area is 128 Å². The van der Waals surface area contributed by atoms with Gasteiger partial charge in [0.15, 0.2) is 5.78 Å². The molecule has 1 aromatic rings. The highest BCUT2D eigenvalue weighted by molar-refractivity contribution is 9.10. The number of ketones is 1. The van der Waals surface area contributed by atoms with Crippen molar-refractivity contribution in [2.45, 2.75) is 13.8 Å². The molecular weight excluding hydrogens is 324 g/mol. The van der Waals surface area contributed by atoms with Crippen LogP contribution >= 0.6 is 15.9 Å². The van der Waals surface area contributed by atoms with Crippen LogP contribution in [0.15, 0.2) is 22.7 Å². The number of benzene rings is 1. The van der Waals surface area contributed by atoms with E-state index in [0.717, 1.165) is 4.47 Å². The lowest BCUT2D eigenvalue weighted by Gasteiger charge is -2.08. The number of ether oxygens (including phenoxy) is 3. The zero-order chi connectivity index (χ0) is 15.0. The Kier molecular flexibility index (Phi) is 7.80. The molecule has 0 atom stereocenters. The molecule has 0 saturated carbocycles. The minimum Gasteiger partial charge on any atom is -0.496 e. The van der Waals surface area contributed by atoms with Gasteiger partial charge in [0.1, 0.15) is 12.4 Å². The van der Waals surface area contributed by atoms with E-state index in [-0.39, 0.29) is 12.4 Å². The number of hydrogen-bond acceptors (Lipinski definition) is 4. The summed E-state index contributed by atoms with van der Waals surface area (Å²) in [6, 6.07) is 5.22.